The molecule has 0 aromatic heterocycles. The number of hydrazone groups is 1. The van der Waals surface area contributed by atoms with Crippen LogP contribution in [-0.2, 0) is 6.42 Å². The Morgan fingerprint density at radius 3 is 1.84 bits per heavy atom. The van der Waals surface area contributed by atoms with Gasteiger partial charge in [0.25, 0.3) is 0 Å². The lowest BCUT2D eigenvalue weighted by atomic mass is 9.85. The maximum absolute atomic E-state index is 4.87. The van der Waals surface area contributed by atoms with Gasteiger partial charge in [-0.2, -0.15) is 5.10 Å². The third-order valence-electron chi connectivity index (χ3n) is 4.19. The molecule has 0 aliphatic carbocycles. The molecule has 0 amide bonds. The lowest BCUT2D eigenvalue weighted by Gasteiger charge is -2.22. The smallest absolute Gasteiger partial charge is 0.0755 e. The van der Waals surface area contributed by atoms with Crippen LogP contribution in [0.2, 0.25) is 0 Å². The third-order valence-corrected chi connectivity index (χ3v) is 4.19. The van der Waals surface area contributed by atoms with Gasteiger partial charge in [0.05, 0.1) is 5.71 Å². The van der Waals surface area contributed by atoms with Crippen LogP contribution in [-0.4, -0.2) is 24.8 Å². The highest BCUT2D eigenvalue weighted by Gasteiger charge is 2.21. The highest BCUT2D eigenvalue weighted by molar-refractivity contribution is 6.05. The van der Waals surface area contributed by atoms with Gasteiger partial charge in [-0.05, 0) is 23.1 Å². The zero-order chi connectivity index (χ0) is 17.5. The molecule has 0 spiro atoms. The van der Waals surface area contributed by atoms with Crippen LogP contribution in [0.15, 0.2) is 96.1 Å². The standard InChI is InChI=1S/C23H24N2/c1-25(2)24-23(21-16-10-5-11-17-21)22(20-14-8-4-9-15-20)18-19-12-6-3-7-13-19/h3-17,22H,18H2,1-2H3/b24-23+. The predicted molar refractivity (Wildman–Crippen MR) is 106 cm³/mol. The second-order valence-corrected chi connectivity index (χ2v) is 6.35. The molecule has 1 atom stereocenters. The van der Waals surface area contributed by atoms with Crippen molar-refractivity contribution in [1.29, 1.82) is 0 Å². The van der Waals surface area contributed by atoms with Crippen LogP contribution in [0.25, 0.3) is 0 Å². The van der Waals surface area contributed by atoms with Crippen molar-refractivity contribution in [2.24, 2.45) is 5.10 Å². The van der Waals surface area contributed by atoms with Gasteiger partial charge < -0.3 is 5.01 Å². The number of hydrogen-bond acceptors (Lipinski definition) is 2. The second kappa shape index (κ2) is 8.29. The molecular formula is C23H24N2. The molecule has 0 radical (unpaired) electrons. The molecule has 0 bridgehead atoms. The van der Waals surface area contributed by atoms with Crippen molar-refractivity contribution in [2.45, 2.75) is 12.3 Å². The van der Waals surface area contributed by atoms with Crippen molar-refractivity contribution in [1.82, 2.24) is 5.01 Å². The van der Waals surface area contributed by atoms with Gasteiger partial charge in [-0.3, -0.25) is 0 Å². The monoisotopic (exact) mass is 328 g/mol. The molecule has 0 aliphatic heterocycles. The normalized spacial score (nSPS) is 12.6. The maximum Gasteiger partial charge on any atom is 0.0755 e. The Kier molecular flexibility index (Phi) is 5.63. The topological polar surface area (TPSA) is 15.6 Å². The molecule has 126 valence electrons. The van der Waals surface area contributed by atoms with E-state index in [1.807, 2.05) is 25.2 Å². The highest BCUT2D eigenvalue weighted by atomic mass is 15.4. The Bertz CT molecular complexity index is 793. The Balaban J connectivity index is 2.07. The fourth-order valence-corrected chi connectivity index (χ4v) is 3.06. The summed E-state index contributed by atoms with van der Waals surface area (Å²) in [5.41, 5.74) is 4.87. The Morgan fingerprint density at radius 2 is 1.28 bits per heavy atom. The van der Waals surface area contributed by atoms with Crippen molar-refractivity contribution < 1.29 is 0 Å². The van der Waals surface area contributed by atoms with Crippen molar-refractivity contribution in [3.05, 3.63) is 108 Å². The van der Waals surface area contributed by atoms with Crippen LogP contribution >= 0.6 is 0 Å². The molecule has 0 aliphatic rings. The molecule has 3 aromatic rings. The average molecular weight is 328 g/mol. The van der Waals surface area contributed by atoms with Crippen LogP contribution in [0.3, 0.4) is 0 Å². The lowest BCUT2D eigenvalue weighted by Crippen LogP contribution is -2.20. The van der Waals surface area contributed by atoms with Crippen molar-refractivity contribution in [3.8, 4) is 0 Å². The summed E-state index contributed by atoms with van der Waals surface area (Å²) in [7, 11) is 3.96. The Labute approximate surface area is 150 Å². The quantitative estimate of drug-likeness (QED) is 0.460. The fraction of sp³-hybridized carbons (Fsp3) is 0.174. The van der Waals surface area contributed by atoms with E-state index in [1.165, 1.54) is 16.7 Å². The molecule has 2 nitrogen and oxygen atoms in total. The van der Waals surface area contributed by atoms with E-state index in [-0.39, 0.29) is 5.92 Å². The molecule has 3 rings (SSSR count). The van der Waals surface area contributed by atoms with E-state index in [2.05, 4.69) is 84.9 Å². The molecule has 0 saturated carbocycles. The molecule has 3 aromatic carbocycles. The van der Waals surface area contributed by atoms with Crippen LogP contribution < -0.4 is 0 Å². The predicted octanol–water partition coefficient (Wildman–Crippen LogP) is 4.98. The molecule has 0 saturated heterocycles. The first-order valence-electron chi connectivity index (χ1n) is 8.64. The molecule has 2 heteroatoms. The molecule has 0 fully saturated rings. The molecule has 25 heavy (non-hydrogen) atoms. The van der Waals surface area contributed by atoms with Crippen LogP contribution in [0, 0.1) is 0 Å². The molecule has 1 unspecified atom stereocenters. The first-order valence-corrected chi connectivity index (χ1v) is 8.64. The maximum atomic E-state index is 4.87. The van der Waals surface area contributed by atoms with Gasteiger partial charge >= 0.3 is 0 Å². The minimum Gasteiger partial charge on any atom is -0.303 e. The number of nitrogens with zero attached hydrogens (tertiary/aromatic N) is 2. The number of rotatable bonds is 6. The van der Waals surface area contributed by atoms with Crippen LogP contribution in [0.1, 0.15) is 22.6 Å². The summed E-state index contributed by atoms with van der Waals surface area (Å²) < 4.78 is 0. The van der Waals surface area contributed by atoms with E-state index < -0.39 is 0 Å². The zero-order valence-corrected chi connectivity index (χ0v) is 14.8. The van der Waals surface area contributed by atoms with E-state index in [1.54, 1.807) is 0 Å². The zero-order valence-electron chi connectivity index (χ0n) is 14.8. The molecule has 0 heterocycles. The minimum absolute atomic E-state index is 0.202. The average Bonchev–Trinajstić information content (AvgIpc) is 2.66. The minimum atomic E-state index is 0.202. The van der Waals surface area contributed by atoms with Crippen molar-refractivity contribution >= 4 is 5.71 Å². The summed E-state index contributed by atoms with van der Waals surface area (Å²) in [6.07, 6.45) is 0.923. The second-order valence-electron chi connectivity index (χ2n) is 6.35. The van der Waals surface area contributed by atoms with Gasteiger partial charge in [0, 0.05) is 20.0 Å². The summed E-state index contributed by atoms with van der Waals surface area (Å²) in [5, 5.41) is 6.76. The van der Waals surface area contributed by atoms with Gasteiger partial charge in [0.15, 0.2) is 0 Å². The van der Waals surface area contributed by atoms with Crippen molar-refractivity contribution in [2.75, 3.05) is 14.1 Å². The van der Waals surface area contributed by atoms with Gasteiger partial charge in [0.2, 0.25) is 0 Å². The van der Waals surface area contributed by atoms with Gasteiger partial charge in [-0.25, -0.2) is 0 Å². The van der Waals surface area contributed by atoms with Gasteiger partial charge in [-0.1, -0.05) is 91.0 Å². The summed E-state index contributed by atoms with van der Waals surface area (Å²) in [6, 6.07) is 31.8. The summed E-state index contributed by atoms with van der Waals surface area (Å²) in [5.74, 6) is 0.202. The van der Waals surface area contributed by atoms with Crippen LogP contribution in [0.5, 0.6) is 0 Å². The van der Waals surface area contributed by atoms with E-state index >= 15 is 0 Å². The molecular weight excluding hydrogens is 304 g/mol. The Hall–Kier alpha value is -2.87. The van der Waals surface area contributed by atoms with E-state index in [0.29, 0.717) is 0 Å². The van der Waals surface area contributed by atoms with Gasteiger partial charge in [0.1, 0.15) is 0 Å². The molecule has 0 N–H and O–H groups in total. The largest absolute Gasteiger partial charge is 0.303 e. The van der Waals surface area contributed by atoms with E-state index in [9.17, 15) is 0 Å². The van der Waals surface area contributed by atoms with Crippen molar-refractivity contribution in [3.63, 3.8) is 0 Å². The Morgan fingerprint density at radius 1 is 0.760 bits per heavy atom. The number of hydrogen-bond donors (Lipinski definition) is 0. The first-order chi connectivity index (χ1) is 12.2. The fourth-order valence-electron chi connectivity index (χ4n) is 3.06. The first kappa shape index (κ1) is 17.0. The van der Waals surface area contributed by atoms with Gasteiger partial charge in [-0.15, -0.1) is 0 Å². The summed E-state index contributed by atoms with van der Waals surface area (Å²) in [4.78, 5) is 0. The van der Waals surface area contributed by atoms with Crippen LogP contribution in [0.4, 0.5) is 0 Å². The SMILES string of the molecule is CN(C)/N=C(\c1ccccc1)C(Cc1ccccc1)c1ccccc1. The third kappa shape index (κ3) is 4.57. The summed E-state index contributed by atoms with van der Waals surface area (Å²) >= 11 is 0. The summed E-state index contributed by atoms with van der Waals surface area (Å²) in [6.45, 7) is 0. The lowest BCUT2D eigenvalue weighted by molar-refractivity contribution is 0.435. The highest BCUT2D eigenvalue weighted by Crippen LogP contribution is 2.26. The number of benzene rings is 3. The van der Waals surface area contributed by atoms with E-state index in [0.717, 1.165) is 12.1 Å². The van der Waals surface area contributed by atoms with E-state index in [4.69, 9.17) is 5.10 Å².